The van der Waals surface area contributed by atoms with E-state index >= 15 is 0 Å². The molecule has 0 aromatic heterocycles. The Morgan fingerprint density at radius 2 is 1.35 bits per heavy atom. The maximum atomic E-state index is 5.52. The summed E-state index contributed by atoms with van der Waals surface area (Å²) in [6, 6.07) is 10.1. The smallest absolute Gasteiger partial charge is 0.134 e. The summed E-state index contributed by atoms with van der Waals surface area (Å²) in [5.41, 5.74) is 4.45. The third-order valence-corrected chi connectivity index (χ3v) is 3.38. The zero-order chi connectivity index (χ0) is 14.7. The van der Waals surface area contributed by atoms with Gasteiger partial charge in [-0.1, -0.05) is 23.8 Å². The molecule has 0 bridgehead atoms. The summed E-state index contributed by atoms with van der Waals surface area (Å²) in [5.74, 6) is 2.21. The molecule has 2 rings (SSSR count). The van der Waals surface area contributed by atoms with E-state index in [0.29, 0.717) is 5.75 Å². The third-order valence-electron chi connectivity index (χ3n) is 3.38. The Bertz CT molecular complexity index is 593. The van der Waals surface area contributed by atoms with Gasteiger partial charge in [-0.15, -0.1) is 0 Å². The van der Waals surface area contributed by atoms with Crippen LogP contribution in [0.15, 0.2) is 30.3 Å². The summed E-state index contributed by atoms with van der Waals surface area (Å²) in [6.07, 6.45) is 0. The van der Waals surface area contributed by atoms with Crippen LogP contribution in [0.25, 0.3) is 11.1 Å². The molecule has 0 N–H and O–H groups in total. The number of hydrogen-bond acceptors (Lipinski definition) is 3. The molecular weight excluding hydrogens is 252 g/mol. The number of ether oxygens (including phenoxy) is 3. The molecule has 0 fully saturated rings. The summed E-state index contributed by atoms with van der Waals surface area (Å²) in [6.45, 7) is 4.16. The van der Waals surface area contributed by atoms with Gasteiger partial charge in [0.2, 0.25) is 0 Å². The van der Waals surface area contributed by atoms with Crippen molar-refractivity contribution in [1.82, 2.24) is 0 Å². The van der Waals surface area contributed by atoms with E-state index in [4.69, 9.17) is 14.2 Å². The molecule has 0 saturated carbocycles. The van der Waals surface area contributed by atoms with Crippen molar-refractivity contribution in [2.24, 2.45) is 0 Å². The van der Waals surface area contributed by atoms with Crippen LogP contribution in [-0.4, -0.2) is 21.3 Å². The van der Waals surface area contributed by atoms with Crippen molar-refractivity contribution in [2.45, 2.75) is 13.8 Å². The molecule has 0 amide bonds. The molecule has 0 spiro atoms. The second-order valence-electron chi connectivity index (χ2n) is 4.73. The van der Waals surface area contributed by atoms with Gasteiger partial charge < -0.3 is 14.2 Å². The maximum absolute atomic E-state index is 5.52. The Labute approximate surface area is 120 Å². The SMILES string of the molecule is COc1cc(OC)c(-c2cc(C)ccc2C)c(OC)c1. The maximum Gasteiger partial charge on any atom is 0.134 e. The van der Waals surface area contributed by atoms with Gasteiger partial charge in [0.05, 0.1) is 26.9 Å². The molecule has 0 unspecified atom stereocenters. The fraction of sp³-hybridized carbons (Fsp3) is 0.294. The zero-order valence-electron chi connectivity index (χ0n) is 12.6. The quantitative estimate of drug-likeness (QED) is 0.842. The second-order valence-corrected chi connectivity index (χ2v) is 4.73. The molecule has 3 nitrogen and oxygen atoms in total. The van der Waals surface area contributed by atoms with Crippen molar-refractivity contribution in [3.05, 3.63) is 41.5 Å². The molecule has 0 atom stereocenters. The lowest BCUT2D eigenvalue weighted by Crippen LogP contribution is -1.96. The fourth-order valence-electron chi connectivity index (χ4n) is 2.28. The van der Waals surface area contributed by atoms with Crippen LogP contribution in [0.2, 0.25) is 0 Å². The highest BCUT2D eigenvalue weighted by molar-refractivity contribution is 5.80. The standard InChI is InChI=1S/C17H20O3/c1-11-6-7-12(2)14(8-11)17-15(19-4)9-13(18-3)10-16(17)20-5/h6-10H,1-5H3. The Balaban J connectivity index is 2.74. The van der Waals surface area contributed by atoms with Crippen LogP contribution < -0.4 is 14.2 Å². The molecule has 2 aromatic rings. The number of rotatable bonds is 4. The minimum atomic E-state index is 0.716. The molecule has 0 aliphatic carbocycles. The van der Waals surface area contributed by atoms with Gasteiger partial charge in [0.25, 0.3) is 0 Å². The molecule has 0 radical (unpaired) electrons. The Kier molecular flexibility index (Phi) is 4.18. The highest BCUT2D eigenvalue weighted by Gasteiger charge is 2.16. The van der Waals surface area contributed by atoms with E-state index in [-0.39, 0.29) is 0 Å². The van der Waals surface area contributed by atoms with Gasteiger partial charge in [-0.25, -0.2) is 0 Å². The van der Waals surface area contributed by atoms with Gasteiger partial charge in [0, 0.05) is 12.1 Å². The normalized spacial score (nSPS) is 10.2. The number of benzene rings is 2. The summed E-state index contributed by atoms with van der Waals surface area (Å²) < 4.78 is 16.3. The summed E-state index contributed by atoms with van der Waals surface area (Å²) >= 11 is 0. The number of aryl methyl sites for hydroxylation is 2. The van der Waals surface area contributed by atoms with E-state index < -0.39 is 0 Å². The molecule has 2 aromatic carbocycles. The summed E-state index contributed by atoms with van der Waals surface area (Å²) in [4.78, 5) is 0. The van der Waals surface area contributed by atoms with Crippen LogP contribution in [0.1, 0.15) is 11.1 Å². The van der Waals surface area contributed by atoms with Crippen molar-refractivity contribution in [1.29, 1.82) is 0 Å². The van der Waals surface area contributed by atoms with E-state index in [2.05, 4.69) is 32.0 Å². The first-order chi connectivity index (χ1) is 9.60. The van der Waals surface area contributed by atoms with Gasteiger partial charge in [-0.2, -0.15) is 0 Å². The van der Waals surface area contributed by atoms with Gasteiger partial charge in [-0.3, -0.25) is 0 Å². The van der Waals surface area contributed by atoms with E-state index in [9.17, 15) is 0 Å². The lowest BCUT2D eigenvalue weighted by molar-refractivity contribution is 0.377. The first-order valence-corrected chi connectivity index (χ1v) is 6.48. The lowest BCUT2D eigenvalue weighted by atomic mass is 9.96. The van der Waals surface area contributed by atoms with Crippen molar-refractivity contribution in [2.75, 3.05) is 21.3 Å². The topological polar surface area (TPSA) is 27.7 Å². The zero-order valence-corrected chi connectivity index (χ0v) is 12.6. The average molecular weight is 272 g/mol. The second kappa shape index (κ2) is 5.87. The average Bonchev–Trinajstić information content (AvgIpc) is 2.48. The Morgan fingerprint density at radius 1 is 0.750 bits per heavy atom. The van der Waals surface area contributed by atoms with Gasteiger partial charge >= 0.3 is 0 Å². The molecule has 3 heteroatoms. The molecule has 20 heavy (non-hydrogen) atoms. The molecule has 0 aliphatic heterocycles. The van der Waals surface area contributed by atoms with E-state index in [1.54, 1.807) is 21.3 Å². The van der Waals surface area contributed by atoms with E-state index in [0.717, 1.165) is 22.6 Å². The van der Waals surface area contributed by atoms with Gasteiger partial charge in [0.1, 0.15) is 17.2 Å². The van der Waals surface area contributed by atoms with Crippen molar-refractivity contribution in [3.8, 4) is 28.4 Å². The van der Waals surface area contributed by atoms with Gasteiger partial charge in [0.15, 0.2) is 0 Å². The molecule has 0 heterocycles. The van der Waals surface area contributed by atoms with Crippen LogP contribution in [0.3, 0.4) is 0 Å². The fourth-order valence-corrected chi connectivity index (χ4v) is 2.28. The minimum absolute atomic E-state index is 0.716. The van der Waals surface area contributed by atoms with Crippen LogP contribution in [0, 0.1) is 13.8 Å². The van der Waals surface area contributed by atoms with Crippen LogP contribution >= 0.6 is 0 Å². The molecule has 106 valence electrons. The number of hydrogen-bond donors (Lipinski definition) is 0. The van der Waals surface area contributed by atoms with E-state index in [1.165, 1.54) is 11.1 Å². The first-order valence-electron chi connectivity index (χ1n) is 6.48. The van der Waals surface area contributed by atoms with Crippen molar-refractivity contribution < 1.29 is 14.2 Å². The van der Waals surface area contributed by atoms with Crippen LogP contribution in [-0.2, 0) is 0 Å². The monoisotopic (exact) mass is 272 g/mol. The molecule has 0 saturated heterocycles. The van der Waals surface area contributed by atoms with Gasteiger partial charge in [-0.05, 0) is 25.0 Å². The van der Waals surface area contributed by atoms with Crippen molar-refractivity contribution in [3.63, 3.8) is 0 Å². The predicted molar refractivity (Wildman–Crippen MR) is 81.0 cm³/mol. The minimum Gasteiger partial charge on any atom is -0.496 e. The Morgan fingerprint density at radius 3 is 1.85 bits per heavy atom. The first kappa shape index (κ1) is 14.3. The van der Waals surface area contributed by atoms with Crippen LogP contribution in [0.5, 0.6) is 17.2 Å². The predicted octanol–water partition coefficient (Wildman–Crippen LogP) is 4.00. The Hall–Kier alpha value is -2.16. The molecule has 0 aliphatic rings. The summed E-state index contributed by atoms with van der Waals surface area (Å²) in [5, 5.41) is 0. The number of methoxy groups -OCH3 is 3. The molecular formula is C17H20O3. The van der Waals surface area contributed by atoms with E-state index in [1.807, 2.05) is 12.1 Å². The highest BCUT2D eigenvalue weighted by atomic mass is 16.5. The van der Waals surface area contributed by atoms with Crippen LogP contribution in [0.4, 0.5) is 0 Å². The largest absolute Gasteiger partial charge is 0.496 e. The lowest BCUT2D eigenvalue weighted by Gasteiger charge is -2.17. The highest BCUT2D eigenvalue weighted by Crippen LogP contribution is 2.43. The third kappa shape index (κ3) is 2.57. The summed E-state index contributed by atoms with van der Waals surface area (Å²) in [7, 11) is 4.94. The van der Waals surface area contributed by atoms with Crippen molar-refractivity contribution >= 4 is 0 Å².